The Hall–Kier alpha value is -4.34. The summed E-state index contributed by atoms with van der Waals surface area (Å²) in [7, 11) is 0. The minimum absolute atomic E-state index is 0.0593. The Balaban J connectivity index is 1.27. The van der Waals surface area contributed by atoms with E-state index in [9.17, 15) is 27.2 Å². The van der Waals surface area contributed by atoms with E-state index in [1.807, 2.05) is 6.92 Å². The second kappa shape index (κ2) is 11.6. The summed E-state index contributed by atoms with van der Waals surface area (Å²) in [6.45, 7) is 3.03. The van der Waals surface area contributed by atoms with Crippen molar-refractivity contribution in [1.29, 1.82) is 0 Å². The van der Waals surface area contributed by atoms with Gasteiger partial charge in [-0.15, -0.1) is 0 Å². The quantitative estimate of drug-likeness (QED) is 0.169. The van der Waals surface area contributed by atoms with Gasteiger partial charge in [0.05, 0.1) is 6.42 Å². The van der Waals surface area contributed by atoms with Crippen LogP contribution in [-0.2, 0) is 19.0 Å². The number of alkyl halides is 3. The van der Waals surface area contributed by atoms with Crippen molar-refractivity contribution in [2.24, 2.45) is 5.92 Å². The number of aromatic nitrogens is 2. The molecule has 1 aliphatic heterocycles. The van der Waals surface area contributed by atoms with Crippen LogP contribution in [0, 0.1) is 11.7 Å². The molecule has 2 aromatic heterocycles. The van der Waals surface area contributed by atoms with Crippen molar-refractivity contribution < 1.29 is 31.6 Å². The lowest BCUT2D eigenvalue weighted by atomic mass is 9.99. The van der Waals surface area contributed by atoms with Crippen molar-refractivity contribution in [2.75, 3.05) is 18.0 Å². The molecule has 0 aliphatic carbocycles. The number of rotatable bonds is 8. The standard InChI is InChI=1S/C31H27F4N3O3/c1-19-5-4-14-38(18-19)30-37-29(31(33,34)35)28(41-30)27(40)16-24-13-12-23(17-36-24)20-8-10-21(11-9-20)26(39)15-22-6-2-3-7-25(22)32/h2-3,6-13,17,19H,4-5,14-16,18H2,1H3. The molecule has 6 nitrogen and oxygen atoms in total. The van der Waals surface area contributed by atoms with Crippen LogP contribution < -0.4 is 4.90 Å². The number of pyridine rings is 1. The fourth-order valence-electron chi connectivity index (χ4n) is 4.90. The van der Waals surface area contributed by atoms with Crippen LogP contribution in [-0.4, -0.2) is 34.6 Å². The maximum absolute atomic E-state index is 13.9. The Bertz CT molecular complexity index is 1550. The fraction of sp³-hybridized carbons (Fsp3) is 0.290. The number of oxazole rings is 1. The van der Waals surface area contributed by atoms with Crippen LogP contribution in [0.3, 0.4) is 0 Å². The van der Waals surface area contributed by atoms with Crippen molar-refractivity contribution in [1.82, 2.24) is 9.97 Å². The lowest BCUT2D eigenvalue weighted by molar-refractivity contribution is -0.141. The topological polar surface area (TPSA) is 76.3 Å². The molecule has 0 radical (unpaired) electrons. The van der Waals surface area contributed by atoms with Gasteiger partial charge in [0.1, 0.15) is 5.82 Å². The third kappa shape index (κ3) is 6.53. The molecule has 0 bridgehead atoms. The minimum atomic E-state index is -4.84. The van der Waals surface area contributed by atoms with E-state index in [-0.39, 0.29) is 29.8 Å². The van der Waals surface area contributed by atoms with Crippen LogP contribution in [0.4, 0.5) is 23.6 Å². The van der Waals surface area contributed by atoms with E-state index in [0.29, 0.717) is 29.8 Å². The molecule has 2 aromatic carbocycles. The molecule has 4 aromatic rings. The van der Waals surface area contributed by atoms with Crippen LogP contribution in [0.25, 0.3) is 11.1 Å². The molecule has 0 spiro atoms. The van der Waals surface area contributed by atoms with Crippen LogP contribution in [0.2, 0.25) is 0 Å². The SMILES string of the molecule is CC1CCCN(c2nc(C(F)(F)F)c(C(=O)Cc3ccc(-c4ccc(C(=O)Cc5ccccc5F)cc4)cn3)o2)C1. The Morgan fingerprint density at radius 1 is 0.976 bits per heavy atom. The van der Waals surface area contributed by atoms with Gasteiger partial charge in [0.25, 0.3) is 6.01 Å². The zero-order chi connectivity index (χ0) is 29.1. The summed E-state index contributed by atoms with van der Waals surface area (Å²) in [5, 5.41) is 0. The molecular weight excluding hydrogens is 538 g/mol. The molecule has 10 heteroatoms. The number of hydrogen-bond donors (Lipinski definition) is 0. The van der Waals surface area contributed by atoms with E-state index in [2.05, 4.69) is 9.97 Å². The molecule has 1 unspecified atom stereocenters. The number of ketones is 2. The van der Waals surface area contributed by atoms with Gasteiger partial charge in [-0.2, -0.15) is 18.2 Å². The number of carbonyl (C=O) groups is 2. The third-order valence-electron chi connectivity index (χ3n) is 7.08. The van der Waals surface area contributed by atoms with Crippen molar-refractivity contribution >= 4 is 17.6 Å². The molecule has 1 saturated heterocycles. The number of hydrogen-bond acceptors (Lipinski definition) is 6. The number of carbonyl (C=O) groups excluding carboxylic acids is 2. The van der Waals surface area contributed by atoms with Crippen molar-refractivity contribution in [2.45, 2.75) is 38.8 Å². The summed E-state index contributed by atoms with van der Waals surface area (Å²) < 4.78 is 60.4. The van der Waals surface area contributed by atoms with E-state index in [1.54, 1.807) is 59.5 Å². The highest BCUT2D eigenvalue weighted by atomic mass is 19.4. The third-order valence-corrected chi connectivity index (χ3v) is 7.08. The fourth-order valence-corrected chi connectivity index (χ4v) is 4.90. The predicted molar refractivity (Wildman–Crippen MR) is 144 cm³/mol. The summed E-state index contributed by atoms with van der Waals surface area (Å²) in [6.07, 6.45) is -2.02. The first-order chi connectivity index (χ1) is 19.6. The molecule has 1 aliphatic rings. The Labute approximate surface area is 234 Å². The second-order valence-corrected chi connectivity index (χ2v) is 10.3. The first-order valence-electron chi connectivity index (χ1n) is 13.3. The molecular formula is C31H27F4N3O3. The van der Waals surface area contributed by atoms with Crippen molar-refractivity contribution in [3.05, 3.63) is 101 Å². The van der Waals surface area contributed by atoms with Gasteiger partial charge in [-0.25, -0.2) is 4.39 Å². The highest BCUT2D eigenvalue weighted by Gasteiger charge is 2.42. The average Bonchev–Trinajstić information content (AvgIpc) is 3.42. The summed E-state index contributed by atoms with van der Waals surface area (Å²) in [5.74, 6) is -2.05. The molecule has 5 rings (SSSR count). The van der Waals surface area contributed by atoms with Gasteiger partial charge in [0.15, 0.2) is 11.5 Å². The van der Waals surface area contributed by atoms with E-state index in [0.717, 1.165) is 18.4 Å². The Morgan fingerprint density at radius 3 is 2.37 bits per heavy atom. The Morgan fingerprint density at radius 2 is 1.71 bits per heavy atom. The van der Waals surface area contributed by atoms with E-state index < -0.39 is 35.7 Å². The van der Waals surface area contributed by atoms with Crippen molar-refractivity contribution in [3.8, 4) is 11.1 Å². The normalized spacial score (nSPS) is 15.6. The average molecular weight is 566 g/mol. The second-order valence-electron chi connectivity index (χ2n) is 10.3. The van der Waals surface area contributed by atoms with E-state index in [4.69, 9.17) is 4.42 Å². The lowest BCUT2D eigenvalue weighted by Gasteiger charge is -2.29. The van der Waals surface area contributed by atoms with Gasteiger partial charge in [-0.05, 0) is 42.0 Å². The summed E-state index contributed by atoms with van der Waals surface area (Å²) in [4.78, 5) is 35.0. The van der Waals surface area contributed by atoms with Crippen LogP contribution in [0.15, 0.2) is 71.3 Å². The number of piperidine rings is 1. The highest BCUT2D eigenvalue weighted by Crippen LogP contribution is 2.35. The number of benzene rings is 2. The van der Waals surface area contributed by atoms with Crippen LogP contribution in [0.5, 0.6) is 0 Å². The maximum atomic E-state index is 13.9. The van der Waals surface area contributed by atoms with Gasteiger partial charge in [-0.1, -0.05) is 55.5 Å². The van der Waals surface area contributed by atoms with E-state index >= 15 is 0 Å². The molecule has 1 atom stereocenters. The molecule has 41 heavy (non-hydrogen) atoms. The molecule has 0 saturated carbocycles. The van der Waals surface area contributed by atoms with Gasteiger partial charge >= 0.3 is 6.18 Å². The smallest absolute Gasteiger partial charge is 0.420 e. The van der Waals surface area contributed by atoms with Gasteiger partial charge in [0.2, 0.25) is 11.5 Å². The number of Topliss-reactive ketones (excluding diaryl/α,β-unsaturated/α-hetero) is 2. The molecule has 212 valence electrons. The number of anilines is 1. The zero-order valence-corrected chi connectivity index (χ0v) is 22.2. The zero-order valence-electron chi connectivity index (χ0n) is 22.2. The number of nitrogens with zero attached hydrogens (tertiary/aromatic N) is 3. The number of halogens is 4. The molecule has 0 N–H and O–H groups in total. The van der Waals surface area contributed by atoms with Gasteiger partial charge in [0, 0.05) is 42.5 Å². The van der Waals surface area contributed by atoms with Crippen molar-refractivity contribution in [3.63, 3.8) is 0 Å². The largest absolute Gasteiger partial charge is 0.437 e. The maximum Gasteiger partial charge on any atom is 0.437 e. The first-order valence-corrected chi connectivity index (χ1v) is 13.3. The van der Waals surface area contributed by atoms with Crippen LogP contribution in [0.1, 0.15) is 57.6 Å². The highest BCUT2D eigenvalue weighted by molar-refractivity contribution is 5.98. The summed E-state index contributed by atoms with van der Waals surface area (Å²) >= 11 is 0. The Kier molecular flexibility index (Phi) is 8.01. The minimum Gasteiger partial charge on any atom is -0.420 e. The molecule has 3 heterocycles. The van der Waals surface area contributed by atoms with Crippen LogP contribution >= 0.6 is 0 Å². The lowest BCUT2D eigenvalue weighted by Crippen LogP contribution is -2.34. The van der Waals surface area contributed by atoms with Gasteiger partial charge < -0.3 is 9.32 Å². The summed E-state index contributed by atoms with van der Waals surface area (Å²) in [6, 6.07) is 15.9. The van der Waals surface area contributed by atoms with Gasteiger partial charge in [-0.3, -0.25) is 14.6 Å². The van der Waals surface area contributed by atoms with E-state index in [1.165, 1.54) is 12.3 Å². The monoisotopic (exact) mass is 565 g/mol. The predicted octanol–water partition coefficient (Wildman–Crippen LogP) is 6.98. The first kappa shape index (κ1) is 28.2. The molecule has 1 fully saturated rings. The molecule has 0 amide bonds. The summed E-state index contributed by atoms with van der Waals surface area (Å²) in [5.41, 5.74) is 1.13.